The molecule has 5 heteroatoms. The van der Waals surface area contributed by atoms with Gasteiger partial charge < -0.3 is 14.8 Å². The lowest BCUT2D eigenvalue weighted by Crippen LogP contribution is -2.31. The van der Waals surface area contributed by atoms with Crippen molar-refractivity contribution < 1.29 is 14.3 Å². The van der Waals surface area contributed by atoms with E-state index >= 15 is 0 Å². The van der Waals surface area contributed by atoms with Gasteiger partial charge in [-0.05, 0) is 85.0 Å². The summed E-state index contributed by atoms with van der Waals surface area (Å²) < 4.78 is 10.2. The van der Waals surface area contributed by atoms with Gasteiger partial charge in [-0.3, -0.25) is 4.79 Å². The molecule has 1 atom stereocenters. The summed E-state index contributed by atoms with van der Waals surface area (Å²) in [5, 5.41) is 2.91. The zero-order chi connectivity index (χ0) is 23.6. The van der Waals surface area contributed by atoms with Crippen molar-refractivity contribution in [2.24, 2.45) is 5.92 Å². The minimum Gasteiger partial charge on any atom is -0.467 e. The summed E-state index contributed by atoms with van der Waals surface area (Å²) in [7, 11) is 0. The van der Waals surface area contributed by atoms with Gasteiger partial charge in [-0.15, -0.1) is 0 Å². The summed E-state index contributed by atoms with van der Waals surface area (Å²) in [5.41, 5.74) is 5.29. The van der Waals surface area contributed by atoms with Crippen molar-refractivity contribution in [1.29, 1.82) is 0 Å². The van der Waals surface area contributed by atoms with E-state index in [9.17, 15) is 4.79 Å². The highest BCUT2D eigenvalue weighted by atomic mass is 32.1. The maximum Gasteiger partial charge on any atom is 0.325 e. The second-order valence-corrected chi connectivity index (χ2v) is 8.35. The third-order valence-corrected chi connectivity index (χ3v) is 4.97. The Hall–Kier alpha value is -2.14. The summed E-state index contributed by atoms with van der Waals surface area (Å²) in [4.78, 5) is 11.2. The number of thiocarbonyl (C=S) groups is 1. The van der Waals surface area contributed by atoms with E-state index in [4.69, 9.17) is 21.7 Å². The third kappa shape index (κ3) is 17.3. The normalized spacial score (nSPS) is 13.7. The minimum atomic E-state index is -0.353. The number of carbonyl (C=O) groups is 1. The summed E-state index contributed by atoms with van der Waals surface area (Å²) in [6.45, 7) is 15.5. The molecule has 0 aromatic heterocycles. The van der Waals surface area contributed by atoms with E-state index < -0.39 is 0 Å². The van der Waals surface area contributed by atoms with Crippen LogP contribution in [-0.4, -0.2) is 30.9 Å². The molecule has 0 radical (unpaired) electrons. The smallest absolute Gasteiger partial charge is 0.325 e. The molecule has 1 N–H and O–H groups in total. The molecule has 0 heterocycles. The highest BCUT2D eigenvalue weighted by Crippen LogP contribution is 2.17. The quantitative estimate of drug-likeness (QED) is 0.149. The fourth-order valence-electron chi connectivity index (χ4n) is 2.50. The summed E-state index contributed by atoms with van der Waals surface area (Å²) in [6.07, 6.45) is 16.1. The van der Waals surface area contributed by atoms with Crippen LogP contribution in [0.2, 0.25) is 0 Å². The molecule has 0 rings (SSSR count). The van der Waals surface area contributed by atoms with Crippen molar-refractivity contribution in [3.63, 3.8) is 0 Å². The lowest BCUT2D eigenvalue weighted by Gasteiger charge is -2.10. The number of allylic oxidation sites excluding steroid dienone is 9. The van der Waals surface area contributed by atoms with E-state index in [0.29, 0.717) is 19.1 Å². The van der Waals surface area contributed by atoms with Crippen LogP contribution in [-0.2, 0) is 14.3 Å². The molecule has 0 aromatic carbocycles. The Morgan fingerprint density at radius 1 is 1.06 bits per heavy atom. The lowest BCUT2D eigenvalue weighted by atomic mass is 9.96. The Bertz CT molecular complexity index is 710. The van der Waals surface area contributed by atoms with Crippen LogP contribution in [0, 0.1) is 5.92 Å². The van der Waals surface area contributed by atoms with Gasteiger partial charge in [0.25, 0.3) is 5.17 Å². The number of hydrogen-bond donors (Lipinski definition) is 1. The zero-order valence-electron chi connectivity index (χ0n) is 20.4. The van der Waals surface area contributed by atoms with Gasteiger partial charge in [0, 0.05) is 0 Å². The van der Waals surface area contributed by atoms with Crippen molar-refractivity contribution in [1.82, 2.24) is 5.32 Å². The average Bonchev–Trinajstić information content (AvgIpc) is 2.70. The summed E-state index contributed by atoms with van der Waals surface area (Å²) in [5.74, 6) is 0.247. The molecule has 4 nitrogen and oxygen atoms in total. The molecule has 174 valence electrons. The van der Waals surface area contributed by atoms with Crippen molar-refractivity contribution >= 4 is 23.4 Å². The number of nitrogens with one attached hydrogen (secondary N) is 1. The first-order valence-electron chi connectivity index (χ1n) is 11.0. The predicted octanol–water partition coefficient (Wildman–Crippen LogP) is 6.61. The Balaban J connectivity index is 4.28. The number of ether oxygens (including phenoxy) is 2. The first kappa shape index (κ1) is 28.9. The van der Waals surface area contributed by atoms with Gasteiger partial charge in [-0.25, -0.2) is 0 Å². The van der Waals surface area contributed by atoms with Crippen molar-refractivity contribution in [2.75, 3.05) is 19.8 Å². The maximum atomic E-state index is 11.2. The van der Waals surface area contributed by atoms with Crippen LogP contribution in [0.4, 0.5) is 0 Å². The number of esters is 1. The minimum absolute atomic E-state index is 0.0163. The van der Waals surface area contributed by atoms with Crippen LogP contribution in [0.1, 0.15) is 67.7 Å². The molecule has 0 saturated carbocycles. The van der Waals surface area contributed by atoms with Gasteiger partial charge in [0.1, 0.15) is 13.2 Å². The molecule has 0 amide bonds. The molecule has 0 aromatic rings. The first-order chi connectivity index (χ1) is 14.6. The Labute approximate surface area is 195 Å². The second kappa shape index (κ2) is 17.5. The van der Waals surface area contributed by atoms with Gasteiger partial charge in [0.05, 0.1) is 6.61 Å². The molecular weight excluding hydrogens is 406 g/mol. The number of rotatable bonds is 13. The van der Waals surface area contributed by atoms with Crippen LogP contribution in [0.3, 0.4) is 0 Å². The fraction of sp³-hybridized carbons (Fsp3) is 0.538. The average molecular weight is 448 g/mol. The Morgan fingerprint density at radius 3 is 2.42 bits per heavy atom. The topological polar surface area (TPSA) is 47.6 Å². The molecule has 1 unspecified atom stereocenters. The van der Waals surface area contributed by atoms with Crippen LogP contribution in [0.15, 0.2) is 58.7 Å². The van der Waals surface area contributed by atoms with E-state index in [-0.39, 0.29) is 17.7 Å². The number of carbonyl (C=O) groups excluding carboxylic acids is 1. The molecule has 31 heavy (non-hydrogen) atoms. The SMILES string of the molecule is CCOC(=O)CNC(=S)OC/C=C(C)/C=C/C=C(\C)CC/C=C(\C)C(C)CC=C(C)C. The van der Waals surface area contributed by atoms with E-state index in [1.165, 1.54) is 16.7 Å². The van der Waals surface area contributed by atoms with Gasteiger partial charge in [-0.2, -0.15) is 0 Å². The molecule has 0 spiro atoms. The van der Waals surface area contributed by atoms with Crippen LogP contribution in [0.5, 0.6) is 0 Å². The van der Waals surface area contributed by atoms with Crippen LogP contribution in [0.25, 0.3) is 0 Å². The highest BCUT2D eigenvalue weighted by Gasteiger charge is 2.03. The van der Waals surface area contributed by atoms with E-state index in [1.807, 2.05) is 19.1 Å². The molecule has 0 bridgehead atoms. The van der Waals surface area contributed by atoms with Crippen molar-refractivity contribution in [3.05, 3.63) is 58.7 Å². The molecule has 0 saturated heterocycles. The van der Waals surface area contributed by atoms with E-state index in [2.05, 4.69) is 64.2 Å². The highest BCUT2D eigenvalue weighted by molar-refractivity contribution is 7.80. The van der Waals surface area contributed by atoms with Crippen molar-refractivity contribution in [3.8, 4) is 0 Å². The molecular formula is C26H41NO3S. The molecule has 0 fully saturated rings. The lowest BCUT2D eigenvalue weighted by molar-refractivity contribution is -0.141. The zero-order valence-corrected chi connectivity index (χ0v) is 21.2. The van der Waals surface area contributed by atoms with Crippen LogP contribution < -0.4 is 5.32 Å². The first-order valence-corrected chi connectivity index (χ1v) is 11.4. The Kier molecular flexibility index (Phi) is 16.3. The third-order valence-electron chi connectivity index (χ3n) is 4.70. The second-order valence-electron chi connectivity index (χ2n) is 7.98. The van der Waals surface area contributed by atoms with Crippen molar-refractivity contribution in [2.45, 2.75) is 67.7 Å². The molecule has 0 aliphatic carbocycles. The van der Waals surface area contributed by atoms with Gasteiger partial charge in [0.2, 0.25) is 0 Å². The standard InChI is InChI=1S/C26H41NO3S/c1-8-29-25(28)19-27-26(31)30-18-17-22(5)12-9-11-21(4)13-10-14-23(6)24(7)16-15-20(2)3/h9,11-12,14-15,17,24H,8,10,13,16,18-19H2,1-7H3,(H,27,31)/b12-9+,21-11+,22-17+,23-14+. The molecule has 0 aliphatic heterocycles. The number of hydrogen-bond acceptors (Lipinski definition) is 4. The van der Waals surface area contributed by atoms with Gasteiger partial charge in [-0.1, -0.05) is 59.6 Å². The fourth-order valence-corrected chi connectivity index (χ4v) is 2.64. The molecule has 0 aliphatic rings. The summed E-state index contributed by atoms with van der Waals surface area (Å²) in [6, 6.07) is 0. The van der Waals surface area contributed by atoms with Gasteiger partial charge in [0.15, 0.2) is 0 Å². The van der Waals surface area contributed by atoms with E-state index in [0.717, 1.165) is 24.8 Å². The largest absolute Gasteiger partial charge is 0.467 e. The summed E-state index contributed by atoms with van der Waals surface area (Å²) >= 11 is 5.03. The van der Waals surface area contributed by atoms with Crippen LogP contribution >= 0.6 is 12.2 Å². The maximum absolute atomic E-state index is 11.2. The predicted molar refractivity (Wildman–Crippen MR) is 136 cm³/mol. The monoisotopic (exact) mass is 447 g/mol. The Morgan fingerprint density at radius 2 is 1.77 bits per heavy atom. The van der Waals surface area contributed by atoms with E-state index in [1.54, 1.807) is 6.92 Å². The van der Waals surface area contributed by atoms with Gasteiger partial charge >= 0.3 is 5.97 Å².